The van der Waals surface area contributed by atoms with Gasteiger partial charge in [0, 0.05) is 17.8 Å². The second-order valence-electron chi connectivity index (χ2n) is 4.71. The molecule has 4 nitrogen and oxygen atoms in total. The summed E-state index contributed by atoms with van der Waals surface area (Å²) >= 11 is 5.82. The molecule has 1 heterocycles. The van der Waals surface area contributed by atoms with Crippen molar-refractivity contribution in [2.45, 2.75) is 19.8 Å². The van der Waals surface area contributed by atoms with Crippen LogP contribution in [0.25, 0.3) is 0 Å². The van der Waals surface area contributed by atoms with Crippen LogP contribution < -0.4 is 11.1 Å². The quantitative estimate of drug-likeness (QED) is 0.903. The number of nitrogens with one attached hydrogen (secondary N) is 1. The van der Waals surface area contributed by atoms with Crippen LogP contribution in [0.1, 0.15) is 25.5 Å². The number of aromatic nitrogens is 2. The molecule has 0 amide bonds. The number of hydrogen-bond acceptors (Lipinski definition) is 3. The number of rotatable bonds is 3. The highest BCUT2D eigenvalue weighted by molar-refractivity contribution is 6.30. The molecule has 2 aromatic rings. The number of nitrogen functional groups attached to an aromatic ring is 1. The third kappa shape index (κ3) is 2.81. The van der Waals surface area contributed by atoms with Crippen molar-refractivity contribution < 1.29 is 4.39 Å². The fourth-order valence-corrected chi connectivity index (χ4v) is 2.12. The summed E-state index contributed by atoms with van der Waals surface area (Å²) in [6.07, 6.45) is 0. The molecule has 1 aromatic heterocycles. The molecule has 0 aliphatic carbocycles. The summed E-state index contributed by atoms with van der Waals surface area (Å²) in [5, 5.41) is 7.73. The van der Waals surface area contributed by atoms with Crippen molar-refractivity contribution in [2.75, 3.05) is 11.1 Å². The molecule has 0 spiro atoms. The van der Waals surface area contributed by atoms with Crippen LogP contribution in [0.2, 0.25) is 5.02 Å². The van der Waals surface area contributed by atoms with Crippen LogP contribution in [-0.4, -0.2) is 9.78 Å². The second-order valence-corrected chi connectivity index (χ2v) is 5.15. The first kappa shape index (κ1) is 13.7. The highest BCUT2D eigenvalue weighted by Crippen LogP contribution is 2.30. The number of benzene rings is 1. The van der Waals surface area contributed by atoms with Crippen LogP contribution in [0.15, 0.2) is 18.2 Å². The smallest absolute Gasteiger partial charge is 0.152 e. The van der Waals surface area contributed by atoms with Crippen molar-refractivity contribution in [1.82, 2.24) is 9.78 Å². The molecule has 0 aliphatic rings. The van der Waals surface area contributed by atoms with Gasteiger partial charge >= 0.3 is 0 Å². The first-order chi connectivity index (χ1) is 8.88. The van der Waals surface area contributed by atoms with Gasteiger partial charge in [-0.25, -0.2) is 4.39 Å². The van der Waals surface area contributed by atoms with Crippen LogP contribution in [0, 0.1) is 5.82 Å². The molecule has 102 valence electrons. The number of nitrogens with zero attached hydrogens (tertiary/aromatic N) is 2. The van der Waals surface area contributed by atoms with Gasteiger partial charge in [-0.2, -0.15) is 5.10 Å². The lowest BCUT2D eigenvalue weighted by Crippen LogP contribution is -2.01. The lowest BCUT2D eigenvalue weighted by Gasteiger charge is -2.08. The Morgan fingerprint density at radius 3 is 2.58 bits per heavy atom. The Hall–Kier alpha value is -1.75. The second kappa shape index (κ2) is 5.09. The monoisotopic (exact) mass is 282 g/mol. The van der Waals surface area contributed by atoms with Crippen molar-refractivity contribution in [1.29, 1.82) is 0 Å². The average Bonchev–Trinajstić information content (AvgIpc) is 2.56. The van der Waals surface area contributed by atoms with E-state index in [2.05, 4.69) is 10.4 Å². The Kier molecular flexibility index (Phi) is 3.66. The van der Waals surface area contributed by atoms with E-state index in [4.69, 9.17) is 17.3 Å². The number of aryl methyl sites for hydroxylation is 1. The van der Waals surface area contributed by atoms with Gasteiger partial charge in [-0.05, 0) is 24.1 Å². The van der Waals surface area contributed by atoms with Gasteiger partial charge in [-0.1, -0.05) is 25.4 Å². The van der Waals surface area contributed by atoms with E-state index < -0.39 is 5.82 Å². The molecule has 0 radical (unpaired) electrons. The summed E-state index contributed by atoms with van der Waals surface area (Å²) in [5.74, 6) is 0.447. The SMILES string of the molecule is CC(C)c1nn(C)c(Nc2cc(F)cc(Cl)c2)c1N. The van der Waals surface area contributed by atoms with E-state index in [1.807, 2.05) is 13.8 Å². The highest BCUT2D eigenvalue weighted by Gasteiger charge is 2.16. The first-order valence-electron chi connectivity index (χ1n) is 5.94. The predicted octanol–water partition coefficient (Wildman–Crippen LogP) is 3.66. The molecule has 2 rings (SSSR count). The Labute approximate surface area is 116 Å². The van der Waals surface area contributed by atoms with Crippen molar-refractivity contribution in [3.05, 3.63) is 34.7 Å². The first-order valence-corrected chi connectivity index (χ1v) is 6.31. The number of halogens is 2. The molecule has 0 saturated carbocycles. The van der Waals surface area contributed by atoms with Crippen LogP contribution in [0.3, 0.4) is 0 Å². The van der Waals surface area contributed by atoms with Gasteiger partial charge in [0.25, 0.3) is 0 Å². The van der Waals surface area contributed by atoms with Crippen molar-refractivity contribution in [3.63, 3.8) is 0 Å². The minimum Gasteiger partial charge on any atom is -0.394 e. The van der Waals surface area contributed by atoms with Crippen LogP contribution >= 0.6 is 11.6 Å². The molecule has 0 atom stereocenters. The van der Waals surface area contributed by atoms with Crippen molar-refractivity contribution in [2.24, 2.45) is 7.05 Å². The van der Waals surface area contributed by atoms with Crippen LogP contribution in [0.4, 0.5) is 21.6 Å². The summed E-state index contributed by atoms with van der Waals surface area (Å²) in [6, 6.07) is 4.23. The van der Waals surface area contributed by atoms with E-state index in [0.717, 1.165) is 5.69 Å². The molecule has 0 saturated heterocycles. The van der Waals surface area contributed by atoms with Crippen LogP contribution in [-0.2, 0) is 7.05 Å². The van der Waals surface area contributed by atoms with Gasteiger partial charge in [0.2, 0.25) is 0 Å². The maximum atomic E-state index is 13.3. The van der Waals surface area contributed by atoms with Gasteiger partial charge in [0.05, 0.1) is 11.4 Å². The summed E-state index contributed by atoms with van der Waals surface area (Å²) in [6.45, 7) is 4.03. The molecule has 19 heavy (non-hydrogen) atoms. The van der Waals surface area contributed by atoms with E-state index in [1.165, 1.54) is 12.1 Å². The summed E-state index contributed by atoms with van der Waals surface area (Å²) < 4.78 is 14.9. The fourth-order valence-electron chi connectivity index (χ4n) is 1.90. The van der Waals surface area contributed by atoms with Crippen molar-refractivity contribution >= 4 is 28.8 Å². The van der Waals surface area contributed by atoms with Gasteiger partial charge in [-0.3, -0.25) is 4.68 Å². The van der Waals surface area contributed by atoms with E-state index in [9.17, 15) is 4.39 Å². The maximum Gasteiger partial charge on any atom is 0.152 e. The molecule has 0 unspecified atom stereocenters. The predicted molar refractivity (Wildman–Crippen MR) is 76.4 cm³/mol. The van der Waals surface area contributed by atoms with E-state index >= 15 is 0 Å². The molecule has 0 aliphatic heterocycles. The minimum atomic E-state index is -0.403. The largest absolute Gasteiger partial charge is 0.394 e. The summed E-state index contributed by atoms with van der Waals surface area (Å²) in [5.41, 5.74) is 7.97. The fraction of sp³-hybridized carbons (Fsp3) is 0.308. The van der Waals surface area contributed by atoms with E-state index in [0.29, 0.717) is 22.2 Å². The Balaban J connectivity index is 2.38. The normalized spacial score (nSPS) is 11.1. The molecule has 0 fully saturated rings. The number of nitrogens with two attached hydrogens (primary N) is 1. The topological polar surface area (TPSA) is 55.9 Å². The summed E-state index contributed by atoms with van der Waals surface area (Å²) in [4.78, 5) is 0. The minimum absolute atomic E-state index is 0.220. The molecular weight excluding hydrogens is 267 g/mol. The Bertz CT molecular complexity index is 587. The number of anilines is 3. The van der Waals surface area contributed by atoms with Gasteiger partial charge < -0.3 is 11.1 Å². The van der Waals surface area contributed by atoms with Crippen molar-refractivity contribution in [3.8, 4) is 0 Å². The van der Waals surface area contributed by atoms with Gasteiger partial charge in [-0.15, -0.1) is 0 Å². The van der Waals surface area contributed by atoms with E-state index in [-0.39, 0.29) is 5.92 Å². The zero-order chi connectivity index (χ0) is 14.2. The molecule has 0 bridgehead atoms. The zero-order valence-electron chi connectivity index (χ0n) is 11.0. The van der Waals surface area contributed by atoms with E-state index in [1.54, 1.807) is 17.8 Å². The lowest BCUT2D eigenvalue weighted by atomic mass is 10.1. The highest BCUT2D eigenvalue weighted by atomic mass is 35.5. The Morgan fingerprint density at radius 2 is 2.05 bits per heavy atom. The van der Waals surface area contributed by atoms with Gasteiger partial charge in [0.1, 0.15) is 5.82 Å². The average molecular weight is 283 g/mol. The molecule has 3 N–H and O–H groups in total. The van der Waals surface area contributed by atoms with Gasteiger partial charge in [0.15, 0.2) is 5.82 Å². The number of hydrogen-bond donors (Lipinski definition) is 2. The molecule has 1 aromatic carbocycles. The molecular formula is C13H16ClFN4. The summed E-state index contributed by atoms with van der Waals surface area (Å²) in [7, 11) is 1.78. The van der Waals surface area contributed by atoms with Crippen LogP contribution in [0.5, 0.6) is 0 Å². The molecule has 6 heteroatoms. The lowest BCUT2D eigenvalue weighted by molar-refractivity contribution is 0.628. The third-order valence-corrected chi connectivity index (χ3v) is 3.00. The Morgan fingerprint density at radius 1 is 1.37 bits per heavy atom. The maximum absolute atomic E-state index is 13.3. The third-order valence-electron chi connectivity index (χ3n) is 2.78. The standard InChI is InChI=1S/C13H16ClFN4/c1-7(2)12-11(16)13(19(3)18-12)17-10-5-8(14)4-9(15)6-10/h4-7,17H,16H2,1-3H3. The zero-order valence-corrected chi connectivity index (χ0v) is 11.8.